The number of hydrogen-bond donors (Lipinski definition) is 1. The highest BCUT2D eigenvalue weighted by atomic mass is 35.5. The summed E-state index contributed by atoms with van der Waals surface area (Å²) in [5.74, 6) is 0.187. The van der Waals surface area contributed by atoms with Gasteiger partial charge in [0.05, 0.1) is 6.07 Å². The topological polar surface area (TPSA) is 35.8 Å². The Morgan fingerprint density at radius 2 is 2.07 bits per heavy atom. The number of halogens is 1. The summed E-state index contributed by atoms with van der Waals surface area (Å²) in [5.41, 5.74) is 1.22. The van der Waals surface area contributed by atoms with E-state index in [9.17, 15) is 0 Å². The van der Waals surface area contributed by atoms with Crippen LogP contribution in [0.1, 0.15) is 24.4 Å². The Morgan fingerprint density at radius 3 is 2.73 bits per heavy atom. The zero-order valence-corrected chi connectivity index (χ0v) is 9.17. The van der Waals surface area contributed by atoms with E-state index in [1.807, 2.05) is 24.3 Å². The van der Waals surface area contributed by atoms with Gasteiger partial charge in [-0.05, 0) is 37.1 Å². The molecular formula is C12H13ClN2. The van der Waals surface area contributed by atoms with E-state index in [2.05, 4.69) is 11.4 Å². The van der Waals surface area contributed by atoms with Gasteiger partial charge in [0, 0.05) is 17.0 Å². The Labute approximate surface area is 94.9 Å². The van der Waals surface area contributed by atoms with Gasteiger partial charge in [-0.15, -0.1) is 0 Å². The van der Waals surface area contributed by atoms with E-state index in [4.69, 9.17) is 16.9 Å². The van der Waals surface area contributed by atoms with Crippen molar-refractivity contribution in [3.63, 3.8) is 0 Å². The Hall–Kier alpha value is -1.04. The van der Waals surface area contributed by atoms with E-state index in [1.165, 1.54) is 5.56 Å². The van der Waals surface area contributed by atoms with Gasteiger partial charge in [-0.2, -0.15) is 5.26 Å². The fourth-order valence-corrected chi connectivity index (χ4v) is 2.11. The second-order valence-electron chi connectivity index (χ2n) is 3.91. The summed E-state index contributed by atoms with van der Waals surface area (Å²) in [5, 5.41) is 13.1. The molecule has 1 fully saturated rings. The molecule has 1 aliphatic rings. The monoisotopic (exact) mass is 220 g/mol. The predicted octanol–water partition coefficient (Wildman–Crippen LogP) is 2.90. The van der Waals surface area contributed by atoms with Gasteiger partial charge >= 0.3 is 0 Å². The highest BCUT2D eigenvalue weighted by molar-refractivity contribution is 6.30. The molecule has 2 nitrogen and oxygen atoms in total. The summed E-state index contributed by atoms with van der Waals surface area (Å²) >= 11 is 5.83. The van der Waals surface area contributed by atoms with Crippen molar-refractivity contribution in [1.29, 1.82) is 5.26 Å². The zero-order chi connectivity index (χ0) is 10.7. The maximum atomic E-state index is 8.90. The molecule has 3 heteroatoms. The molecule has 0 saturated carbocycles. The molecule has 0 amide bonds. The van der Waals surface area contributed by atoms with Gasteiger partial charge in [0.25, 0.3) is 0 Å². The van der Waals surface area contributed by atoms with Crippen LogP contribution in [0.15, 0.2) is 24.3 Å². The smallest absolute Gasteiger partial charge is 0.0657 e. The van der Waals surface area contributed by atoms with Crippen molar-refractivity contribution in [1.82, 2.24) is 5.32 Å². The molecule has 1 aromatic carbocycles. The minimum Gasteiger partial charge on any atom is -0.310 e. The van der Waals surface area contributed by atoms with Gasteiger partial charge < -0.3 is 5.32 Å². The highest BCUT2D eigenvalue weighted by Crippen LogP contribution is 2.27. The van der Waals surface area contributed by atoms with Gasteiger partial charge in [-0.25, -0.2) is 0 Å². The molecule has 0 aliphatic carbocycles. The van der Waals surface area contributed by atoms with E-state index in [0.717, 1.165) is 24.4 Å². The first kappa shape index (κ1) is 10.5. The normalized spacial score (nSPS) is 25.9. The summed E-state index contributed by atoms with van der Waals surface area (Å²) in [4.78, 5) is 0. The van der Waals surface area contributed by atoms with E-state index < -0.39 is 0 Å². The molecule has 1 saturated heterocycles. The SMILES string of the molecule is N#CC1CCNC(c2ccc(Cl)cc2)C1. The van der Waals surface area contributed by atoms with Gasteiger partial charge in [-0.1, -0.05) is 23.7 Å². The van der Waals surface area contributed by atoms with Crippen LogP contribution in [0.3, 0.4) is 0 Å². The van der Waals surface area contributed by atoms with Crippen LogP contribution in [0.2, 0.25) is 5.02 Å². The highest BCUT2D eigenvalue weighted by Gasteiger charge is 2.21. The Bertz CT molecular complexity index is 366. The molecule has 0 spiro atoms. The van der Waals surface area contributed by atoms with Crippen LogP contribution < -0.4 is 5.32 Å². The summed E-state index contributed by atoms with van der Waals surface area (Å²) in [6.45, 7) is 0.922. The third-order valence-electron chi connectivity index (χ3n) is 2.86. The quantitative estimate of drug-likeness (QED) is 0.790. The summed E-state index contributed by atoms with van der Waals surface area (Å²) < 4.78 is 0. The van der Waals surface area contributed by atoms with Gasteiger partial charge in [0.1, 0.15) is 0 Å². The Balaban J connectivity index is 2.10. The number of piperidine rings is 1. The zero-order valence-electron chi connectivity index (χ0n) is 8.41. The molecular weight excluding hydrogens is 208 g/mol. The van der Waals surface area contributed by atoms with Crippen molar-refractivity contribution in [2.75, 3.05) is 6.54 Å². The maximum Gasteiger partial charge on any atom is 0.0657 e. The molecule has 1 heterocycles. The van der Waals surface area contributed by atoms with Crippen molar-refractivity contribution < 1.29 is 0 Å². The number of nitrogens with zero attached hydrogens (tertiary/aromatic N) is 1. The third kappa shape index (κ3) is 2.50. The fraction of sp³-hybridized carbons (Fsp3) is 0.417. The molecule has 0 bridgehead atoms. The second-order valence-corrected chi connectivity index (χ2v) is 4.35. The summed E-state index contributed by atoms with van der Waals surface area (Å²) in [7, 11) is 0. The van der Waals surface area contributed by atoms with Crippen LogP contribution in [0.25, 0.3) is 0 Å². The standard InChI is InChI=1S/C12H13ClN2/c13-11-3-1-10(2-4-11)12-7-9(8-14)5-6-15-12/h1-4,9,12,15H,5-7H2. The number of rotatable bonds is 1. The minimum atomic E-state index is 0.187. The van der Waals surface area contributed by atoms with Crippen molar-refractivity contribution >= 4 is 11.6 Å². The third-order valence-corrected chi connectivity index (χ3v) is 3.11. The molecule has 1 aliphatic heterocycles. The van der Waals surface area contributed by atoms with Crippen molar-refractivity contribution in [3.8, 4) is 6.07 Å². The van der Waals surface area contributed by atoms with E-state index >= 15 is 0 Å². The van der Waals surface area contributed by atoms with Gasteiger partial charge in [0.15, 0.2) is 0 Å². The van der Waals surface area contributed by atoms with Gasteiger partial charge in [0.2, 0.25) is 0 Å². The number of hydrogen-bond acceptors (Lipinski definition) is 2. The molecule has 15 heavy (non-hydrogen) atoms. The molecule has 2 rings (SSSR count). The van der Waals surface area contributed by atoms with Gasteiger partial charge in [-0.3, -0.25) is 0 Å². The Morgan fingerprint density at radius 1 is 1.33 bits per heavy atom. The molecule has 2 atom stereocenters. The lowest BCUT2D eigenvalue weighted by Crippen LogP contribution is -2.31. The van der Waals surface area contributed by atoms with Crippen molar-refractivity contribution in [3.05, 3.63) is 34.9 Å². The van der Waals surface area contributed by atoms with Crippen molar-refractivity contribution in [2.24, 2.45) is 5.92 Å². The molecule has 78 valence electrons. The maximum absolute atomic E-state index is 8.90. The van der Waals surface area contributed by atoms with Crippen molar-refractivity contribution in [2.45, 2.75) is 18.9 Å². The molecule has 0 aromatic heterocycles. The first-order valence-corrected chi connectivity index (χ1v) is 5.56. The first-order chi connectivity index (χ1) is 7.29. The first-order valence-electron chi connectivity index (χ1n) is 5.18. The van der Waals surface area contributed by atoms with Crippen LogP contribution in [-0.4, -0.2) is 6.54 Å². The lowest BCUT2D eigenvalue weighted by atomic mass is 9.90. The molecule has 1 aromatic rings. The number of nitriles is 1. The minimum absolute atomic E-state index is 0.187. The largest absolute Gasteiger partial charge is 0.310 e. The van der Waals surface area contributed by atoms with Crippen LogP contribution in [-0.2, 0) is 0 Å². The molecule has 1 N–H and O–H groups in total. The predicted molar refractivity (Wildman–Crippen MR) is 60.5 cm³/mol. The van der Waals surface area contributed by atoms with E-state index in [1.54, 1.807) is 0 Å². The van der Waals surface area contributed by atoms with E-state index in [0.29, 0.717) is 6.04 Å². The summed E-state index contributed by atoms with van der Waals surface area (Å²) in [6.07, 6.45) is 1.86. The number of benzene rings is 1. The molecule has 0 radical (unpaired) electrons. The fourth-order valence-electron chi connectivity index (χ4n) is 1.98. The van der Waals surface area contributed by atoms with Crippen LogP contribution in [0.4, 0.5) is 0 Å². The average molecular weight is 221 g/mol. The number of nitrogens with one attached hydrogen (secondary N) is 1. The van der Waals surface area contributed by atoms with Crippen LogP contribution in [0, 0.1) is 17.2 Å². The lowest BCUT2D eigenvalue weighted by Gasteiger charge is -2.27. The average Bonchev–Trinajstić information content (AvgIpc) is 2.30. The Kier molecular flexibility index (Phi) is 3.25. The van der Waals surface area contributed by atoms with E-state index in [-0.39, 0.29) is 5.92 Å². The lowest BCUT2D eigenvalue weighted by molar-refractivity contribution is 0.356. The molecule has 2 unspecified atom stereocenters. The second kappa shape index (κ2) is 4.65. The summed E-state index contributed by atoms with van der Waals surface area (Å²) in [6, 6.07) is 10.5. The van der Waals surface area contributed by atoms with Crippen LogP contribution in [0.5, 0.6) is 0 Å². The van der Waals surface area contributed by atoms with Crippen LogP contribution >= 0.6 is 11.6 Å².